The number of aliphatic imine (C=N–C) groups is 2. The molecule has 0 fully saturated rings. The smallest absolute Gasteiger partial charge is 0.310 e. The lowest BCUT2D eigenvalue weighted by Crippen LogP contribution is -2.59. The lowest BCUT2D eigenvalue weighted by Gasteiger charge is -2.39. The van der Waals surface area contributed by atoms with E-state index in [1.54, 1.807) is 18.2 Å². The fraction of sp³-hybridized carbons (Fsp3) is 0.208. The maximum absolute atomic E-state index is 14.1. The van der Waals surface area contributed by atoms with Gasteiger partial charge in [-0.05, 0) is 24.1 Å². The first-order valence-electron chi connectivity index (χ1n) is 10.2. The Kier molecular flexibility index (Phi) is 6.16. The van der Waals surface area contributed by atoms with Crippen LogP contribution in [0.3, 0.4) is 0 Å². The molecular formula is C24H18F6N4. The molecule has 1 aliphatic rings. The van der Waals surface area contributed by atoms with Gasteiger partial charge in [0.2, 0.25) is 0 Å². The number of nitrogens with zero attached hydrogens (tertiary/aromatic N) is 4. The van der Waals surface area contributed by atoms with E-state index in [1.165, 1.54) is 53.7 Å². The van der Waals surface area contributed by atoms with E-state index >= 15 is 0 Å². The third kappa shape index (κ3) is 4.40. The van der Waals surface area contributed by atoms with Gasteiger partial charge in [-0.25, -0.2) is 9.98 Å². The van der Waals surface area contributed by atoms with Crippen molar-refractivity contribution in [3.05, 3.63) is 102 Å². The normalized spacial score (nSPS) is 16.1. The van der Waals surface area contributed by atoms with Crippen LogP contribution in [-0.4, -0.2) is 46.1 Å². The van der Waals surface area contributed by atoms with Gasteiger partial charge in [0, 0.05) is 30.1 Å². The first-order valence-corrected chi connectivity index (χ1v) is 10.2. The van der Waals surface area contributed by atoms with E-state index in [9.17, 15) is 26.3 Å². The fourth-order valence-electron chi connectivity index (χ4n) is 3.59. The van der Waals surface area contributed by atoms with Gasteiger partial charge in [-0.3, -0.25) is 4.98 Å². The summed E-state index contributed by atoms with van der Waals surface area (Å²) in [6, 6.07) is 19.3. The molecule has 0 saturated carbocycles. The molecule has 0 saturated heterocycles. The Morgan fingerprint density at radius 2 is 1.21 bits per heavy atom. The number of halogens is 6. The fourth-order valence-corrected chi connectivity index (χ4v) is 3.59. The van der Waals surface area contributed by atoms with Gasteiger partial charge in [0.1, 0.15) is 11.7 Å². The SMILES string of the molecule is FC(F)(F)C1(C(F)(F)F)N=C(c2ccccc2)N(CCc2ccccc2)C(c2cccnc2)=N1. The predicted molar refractivity (Wildman–Crippen MR) is 115 cm³/mol. The van der Waals surface area contributed by atoms with E-state index in [1.807, 2.05) is 18.2 Å². The van der Waals surface area contributed by atoms with Crippen LogP contribution in [0.5, 0.6) is 0 Å². The van der Waals surface area contributed by atoms with Crippen molar-refractivity contribution in [3.63, 3.8) is 0 Å². The van der Waals surface area contributed by atoms with Crippen molar-refractivity contribution in [1.82, 2.24) is 9.88 Å². The number of alkyl halides is 6. The van der Waals surface area contributed by atoms with E-state index in [-0.39, 0.29) is 17.7 Å². The molecule has 0 atom stereocenters. The summed E-state index contributed by atoms with van der Waals surface area (Å²) in [7, 11) is 0. The number of benzene rings is 2. The number of aromatic nitrogens is 1. The predicted octanol–water partition coefficient (Wildman–Crippen LogP) is 5.65. The highest BCUT2D eigenvalue weighted by Gasteiger charge is 2.74. The molecule has 2 heterocycles. The van der Waals surface area contributed by atoms with Crippen molar-refractivity contribution in [2.75, 3.05) is 6.54 Å². The molecule has 1 aliphatic heterocycles. The minimum absolute atomic E-state index is 0.0109. The minimum Gasteiger partial charge on any atom is -0.310 e. The number of pyridine rings is 1. The molecule has 1 aromatic heterocycles. The van der Waals surface area contributed by atoms with Crippen LogP contribution < -0.4 is 0 Å². The topological polar surface area (TPSA) is 40.9 Å². The number of hydrogen-bond acceptors (Lipinski definition) is 4. The van der Waals surface area contributed by atoms with E-state index in [0.29, 0.717) is 6.42 Å². The van der Waals surface area contributed by atoms with Gasteiger partial charge < -0.3 is 4.90 Å². The molecule has 176 valence electrons. The molecule has 0 N–H and O–H groups in total. The third-order valence-electron chi connectivity index (χ3n) is 5.26. The Balaban J connectivity index is 1.94. The van der Waals surface area contributed by atoms with Crippen molar-refractivity contribution in [2.24, 2.45) is 9.98 Å². The van der Waals surface area contributed by atoms with Crippen LogP contribution in [0, 0.1) is 0 Å². The zero-order valence-corrected chi connectivity index (χ0v) is 17.6. The van der Waals surface area contributed by atoms with Gasteiger partial charge in [-0.2, -0.15) is 26.3 Å². The molecule has 4 rings (SSSR count). The summed E-state index contributed by atoms with van der Waals surface area (Å²) in [5, 5.41) is 0. The third-order valence-corrected chi connectivity index (χ3v) is 5.26. The van der Waals surface area contributed by atoms with Gasteiger partial charge in [-0.1, -0.05) is 60.7 Å². The second-order valence-electron chi connectivity index (χ2n) is 7.53. The zero-order chi connectivity index (χ0) is 24.4. The highest BCUT2D eigenvalue weighted by molar-refractivity contribution is 6.16. The van der Waals surface area contributed by atoms with E-state index in [4.69, 9.17) is 0 Å². The quantitative estimate of drug-likeness (QED) is 0.447. The van der Waals surface area contributed by atoms with Crippen molar-refractivity contribution < 1.29 is 26.3 Å². The second kappa shape index (κ2) is 8.92. The summed E-state index contributed by atoms with van der Waals surface area (Å²) in [5.41, 5.74) is -3.69. The lowest BCUT2D eigenvalue weighted by atomic mass is 10.0. The lowest BCUT2D eigenvalue weighted by molar-refractivity contribution is -0.292. The highest BCUT2D eigenvalue weighted by Crippen LogP contribution is 2.49. The molecule has 3 aromatic rings. The van der Waals surface area contributed by atoms with Crippen LogP contribution >= 0.6 is 0 Å². The molecule has 0 radical (unpaired) electrons. The van der Waals surface area contributed by atoms with Gasteiger partial charge in [0.25, 0.3) is 0 Å². The number of hydrogen-bond donors (Lipinski definition) is 0. The van der Waals surface area contributed by atoms with Crippen LogP contribution in [0.2, 0.25) is 0 Å². The van der Waals surface area contributed by atoms with Gasteiger partial charge in [-0.15, -0.1) is 0 Å². The first-order chi connectivity index (χ1) is 16.1. The minimum atomic E-state index is -5.83. The van der Waals surface area contributed by atoms with E-state index < -0.39 is 29.7 Å². The van der Waals surface area contributed by atoms with Crippen LogP contribution in [-0.2, 0) is 6.42 Å². The maximum Gasteiger partial charge on any atom is 0.443 e. The van der Waals surface area contributed by atoms with Gasteiger partial charge in [0.15, 0.2) is 0 Å². The van der Waals surface area contributed by atoms with Crippen LogP contribution in [0.15, 0.2) is 95.2 Å². The van der Waals surface area contributed by atoms with Gasteiger partial charge in [0.05, 0.1) is 0 Å². The van der Waals surface area contributed by atoms with Crippen LogP contribution in [0.25, 0.3) is 0 Å². The highest BCUT2D eigenvalue weighted by atomic mass is 19.4. The summed E-state index contributed by atoms with van der Waals surface area (Å²) in [4.78, 5) is 11.7. The number of amidine groups is 2. The van der Waals surface area contributed by atoms with E-state index in [2.05, 4.69) is 15.0 Å². The average molecular weight is 476 g/mol. The Bertz CT molecular complexity index is 1100. The largest absolute Gasteiger partial charge is 0.443 e. The monoisotopic (exact) mass is 476 g/mol. The molecule has 0 amide bonds. The molecule has 0 bridgehead atoms. The maximum atomic E-state index is 14.1. The molecule has 0 spiro atoms. The van der Waals surface area contributed by atoms with Crippen molar-refractivity contribution >= 4 is 11.7 Å². The van der Waals surface area contributed by atoms with Gasteiger partial charge >= 0.3 is 18.0 Å². The van der Waals surface area contributed by atoms with Crippen molar-refractivity contribution in [1.29, 1.82) is 0 Å². The molecule has 0 aliphatic carbocycles. The summed E-state index contributed by atoms with van der Waals surface area (Å²) in [6.07, 6.45) is -8.78. The second-order valence-corrected chi connectivity index (χ2v) is 7.53. The first kappa shape index (κ1) is 23.5. The number of rotatable bonds is 5. The van der Waals surface area contributed by atoms with Crippen molar-refractivity contribution in [3.8, 4) is 0 Å². The molecular weight excluding hydrogens is 458 g/mol. The Morgan fingerprint density at radius 1 is 0.676 bits per heavy atom. The Morgan fingerprint density at radius 3 is 1.74 bits per heavy atom. The summed E-state index contributed by atoms with van der Waals surface area (Å²) >= 11 is 0. The molecule has 2 aromatic carbocycles. The summed E-state index contributed by atoms with van der Waals surface area (Å²) < 4.78 is 84.5. The summed E-state index contributed by atoms with van der Waals surface area (Å²) in [5.74, 6) is -0.979. The Labute approximate surface area is 191 Å². The Hall–Kier alpha value is -3.69. The zero-order valence-electron chi connectivity index (χ0n) is 17.6. The van der Waals surface area contributed by atoms with Crippen LogP contribution in [0.4, 0.5) is 26.3 Å². The van der Waals surface area contributed by atoms with E-state index in [0.717, 1.165) is 5.56 Å². The van der Waals surface area contributed by atoms with Crippen LogP contribution in [0.1, 0.15) is 16.7 Å². The molecule has 34 heavy (non-hydrogen) atoms. The van der Waals surface area contributed by atoms with Crippen molar-refractivity contribution in [2.45, 2.75) is 24.4 Å². The molecule has 0 unspecified atom stereocenters. The average Bonchev–Trinajstić information content (AvgIpc) is 2.82. The molecule has 4 nitrogen and oxygen atoms in total. The summed E-state index contributed by atoms with van der Waals surface area (Å²) in [6.45, 7) is 0.0390. The standard InChI is InChI=1S/C24H18F6N4/c25-23(26,27)22(24(28,29)30)32-20(18-10-5-2-6-11-18)34(15-13-17-8-3-1-4-9-17)21(33-22)19-12-7-14-31-16-19/h1-12,14,16H,13,15H2. The molecule has 10 heteroatoms.